The van der Waals surface area contributed by atoms with Gasteiger partial charge >= 0.3 is 11.9 Å². The molecule has 1 rings (SSSR count). The molecule has 2 N–H and O–H groups in total. The predicted octanol–water partition coefficient (Wildman–Crippen LogP) is 1.87. The first-order valence-electron chi connectivity index (χ1n) is 5.32. The molecule has 0 fully saturated rings. The van der Waals surface area contributed by atoms with Crippen molar-refractivity contribution < 1.29 is 19.8 Å². The molecule has 0 aliphatic carbocycles. The number of hydrogen-bond acceptors (Lipinski definition) is 3. The number of carboxylic acids is 2. The SMILES string of the molecule is CN(CCC(=O)O)C(C(=O)O)c1ccccc1Cl. The van der Waals surface area contributed by atoms with Crippen molar-refractivity contribution in [1.82, 2.24) is 4.90 Å². The van der Waals surface area contributed by atoms with Crippen LogP contribution < -0.4 is 0 Å². The highest BCUT2D eigenvalue weighted by Gasteiger charge is 2.26. The van der Waals surface area contributed by atoms with E-state index in [4.69, 9.17) is 16.7 Å². The van der Waals surface area contributed by atoms with Gasteiger partial charge in [-0.2, -0.15) is 0 Å². The largest absolute Gasteiger partial charge is 0.481 e. The average molecular weight is 272 g/mol. The molecule has 5 nitrogen and oxygen atoms in total. The summed E-state index contributed by atoms with van der Waals surface area (Å²) in [5, 5.41) is 18.2. The molecule has 0 aliphatic heterocycles. The van der Waals surface area contributed by atoms with E-state index in [0.29, 0.717) is 10.6 Å². The molecule has 0 heterocycles. The van der Waals surface area contributed by atoms with Gasteiger partial charge in [0.1, 0.15) is 6.04 Å². The third-order valence-corrected chi connectivity index (χ3v) is 2.90. The van der Waals surface area contributed by atoms with Crippen molar-refractivity contribution in [3.8, 4) is 0 Å². The van der Waals surface area contributed by atoms with Gasteiger partial charge in [-0.1, -0.05) is 29.8 Å². The Bertz CT molecular complexity index is 449. The van der Waals surface area contributed by atoms with E-state index in [2.05, 4.69) is 0 Å². The van der Waals surface area contributed by atoms with Gasteiger partial charge in [-0.15, -0.1) is 0 Å². The maximum atomic E-state index is 11.3. The summed E-state index contributed by atoms with van der Waals surface area (Å²) in [5.41, 5.74) is 0.458. The van der Waals surface area contributed by atoms with Crippen LogP contribution in [0, 0.1) is 0 Å². The van der Waals surface area contributed by atoms with Crippen LogP contribution in [-0.2, 0) is 9.59 Å². The number of rotatable bonds is 6. The number of carbonyl (C=O) groups is 2. The van der Waals surface area contributed by atoms with Crippen LogP contribution in [0.25, 0.3) is 0 Å². The molecular formula is C12H14ClNO4. The van der Waals surface area contributed by atoms with Crippen molar-refractivity contribution in [2.24, 2.45) is 0 Å². The second-order valence-corrected chi connectivity index (χ2v) is 4.29. The van der Waals surface area contributed by atoms with Gasteiger partial charge in [0.15, 0.2) is 0 Å². The minimum atomic E-state index is -1.06. The third-order valence-electron chi connectivity index (χ3n) is 2.55. The van der Waals surface area contributed by atoms with E-state index in [1.165, 1.54) is 4.90 Å². The Kier molecular flexibility index (Phi) is 5.12. The van der Waals surface area contributed by atoms with E-state index in [1.54, 1.807) is 31.3 Å². The Labute approximate surface area is 110 Å². The first-order valence-corrected chi connectivity index (χ1v) is 5.70. The zero-order valence-electron chi connectivity index (χ0n) is 9.84. The van der Waals surface area contributed by atoms with Gasteiger partial charge in [0.25, 0.3) is 0 Å². The van der Waals surface area contributed by atoms with Crippen LogP contribution in [0.3, 0.4) is 0 Å². The quantitative estimate of drug-likeness (QED) is 0.826. The van der Waals surface area contributed by atoms with Crippen molar-refractivity contribution in [1.29, 1.82) is 0 Å². The molecule has 0 aromatic heterocycles. The normalized spacial score (nSPS) is 12.4. The lowest BCUT2D eigenvalue weighted by Crippen LogP contribution is -2.32. The van der Waals surface area contributed by atoms with Gasteiger partial charge in [0.05, 0.1) is 6.42 Å². The number of hydrogen-bond donors (Lipinski definition) is 2. The number of carboxylic acid groups (broad SMARTS) is 2. The van der Waals surface area contributed by atoms with Crippen LogP contribution >= 0.6 is 11.6 Å². The molecule has 0 bridgehead atoms. The molecule has 1 aromatic carbocycles. The fraction of sp³-hybridized carbons (Fsp3) is 0.333. The van der Waals surface area contributed by atoms with Gasteiger partial charge in [0.2, 0.25) is 0 Å². The summed E-state index contributed by atoms with van der Waals surface area (Å²) in [7, 11) is 1.56. The monoisotopic (exact) mass is 271 g/mol. The molecule has 18 heavy (non-hydrogen) atoms. The van der Waals surface area contributed by atoms with E-state index < -0.39 is 18.0 Å². The number of aliphatic carboxylic acids is 2. The van der Waals surface area contributed by atoms with Crippen molar-refractivity contribution in [3.63, 3.8) is 0 Å². The van der Waals surface area contributed by atoms with E-state index in [-0.39, 0.29) is 13.0 Å². The van der Waals surface area contributed by atoms with Crippen LogP contribution in [0.5, 0.6) is 0 Å². The molecule has 0 aliphatic rings. The minimum absolute atomic E-state index is 0.120. The van der Waals surface area contributed by atoms with Crippen molar-refractivity contribution in [2.75, 3.05) is 13.6 Å². The zero-order chi connectivity index (χ0) is 13.7. The first-order chi connectivity index (χ1) is 8.43. The van der Waals surface area contributed by atoms with Crippen LogP contribution in [0.2, 0.25) is 5.02 Å². The number of likely N-dealkylation sites (N-methyl/N-ethyl adjacent to an activating group) is 1. The molecule has 1 aromatic rings. The zero-order valence-corrected chi connectivity index (χ0v) is 10.6. The Morgan fingerprint density at radius 2 is 1.94 bits per heavy atom. The fourth-order valence-electron chi connectivity index (χ4n) is 1.66. The topological polar surface area (TPSA) is 77.8 Å². The summed E-state index contributed by atoms with van der Waals surface area (Å²) in [6, 6.07) is 5.69. The van der Waals surface area contributed by atoms with Gasteiger partial charge in [-0.3, -0.25) is 14.5 Å². The first kappa shape index (κ1) is 14.5. The third kappa shape index (κ3) is 3.72. The van der Waals surface area contributed by atoms with Gasteiger partial charge in [0, 0.05) is 11.6 Å². The lowest BCUT2D eigenvalue weighted by atomic mass is 10.1. The summed E-state index contributed by atoms with van der Waals surface area (Å²) in [5.74, 6) is -2.03. The maximum absolute atomic E-state index is 11.3. The van der Waals surface area contributed by atoms with Crippen LogP contribution in [0.15, 0.2) is 24.3 Å². The minimum Gasteiger partial charge on any atom is -0.481 e. The fourth-order valence-corrected chi connectivity index (χ4v) is 1.90. The van der Waals surface area contributed by atoms with Crippen molar-refractivity contribution >= 4 is 23.5 Å². The molecule has 98 valence electrons. The Morgan fingerprint density at radius 1 is 1.33 bits per heavy atom. The van der Waals surface area contributed by atoms with E-state index in [1.807, 2.05) is 0 Å². The highest BCUT2D eigenvalue weighted by atomic mass is 35.5. The summed E-state index contributed by atoms with van der Waals surface area (Å²) >= 11 is 5.96. The molecule has 6 heteroatoms. The Morgan fingerprint density at radius 3 is 2.44 bits per heavy atom. The van der Waals surface area contributed by atoms with Crippen LogP contribution in [0.4, 0.5) is 0 Å². The second kappa shape index (κ2) is 6.37. The molecule has 0 spiro atoms. The number of nitrogens with zero attached hydrogens (tertiary/aromatic N) is 1. The maximum Gasteiger partial charge on any atom is 0.325 e. The van der Waals surface area contributed by atoms with Crippen LogP contribution in [-0.4, -0.2) is 40.6 Å². The average Bonchev–Trinajstić information content (AvgIpc) is 2.29. The van der Waals surface area contributed by atoms with Gasteiger partial charge < -0.3 is 10.2 Å². The molecule has 0 saturated carbocycles. The summed E-state index contributed by atoms with van der Waals surface area (Å²) in [6.45, 7) is 0.136. The molecule has 0 radical (unpaired) electrons. The summed E-state index contributed by atoms with van der Waals surface area (Å²) in [6.07, 6.45) is -0.120. The highest BCUT2D eigenvalue weighted by molar-refractivity contribution is 6.31. The lowest BCUT2D eigenvalue weighted by Gasteiger charge is -2.24. The Balaban J connectivity index is 2.93. The second-order valence-electron chi connectivity index (χ2n) is 3.89. The highest BCUT2D eigenvalue weighted by Crippen LogP contribution is 2.26. The molecule has 1 unspecified atom stereocenters. The standard InChI is InChI=1S/C12H14ClNO4/c1-14(7-6-10(15)16)11(12(17)18)8-4-2-3-5-9(8)13/h2-5,11H,6-7H2,1H3,(H,15,16)(H,17,18). The number of benzene rings is 1. The van der Waals surface area contributed by atoms with Crippen molar-refractivity contribution in [2.45, 2.75) is 12.5 Å². The molecule has 1 atom stereocenters. The van der Waals surface area contributed by atoms with Gasteiger partial charge in [-0.25, -0.2) is 0 Å². The molecule has 0 amide bonds. The van der Waals surface area contributed by atoms with Gasteiger partial charge in [-0.05, 0) is 18.7 Å². The summed E-state index contributed by atoms with van der Waals surface area (Å²) < 4.78 is 0. The van der Waals surface area contributed by atoms with E-state index in [0.717, 1.165) is 0 Å². The molecule has 0 saturated heterocycles. The van der Waals surface area contributed by atoms with Crippen molar-refractivity contribution in [3.05, 3.63) is 34.9 Å². The smallest absolute Gasteiger partial charge is 0.325 e. The molecular weight excluding hydrogens is 258 g/mol. The predicted molar refractivity (Wildman–Crippen MR) is 66.7 cm³/mol. The van der Waals surface area contributed by atoms with E-state index in [9.17, 15) is 14.7 Å². The summed E-state index contributed by atoms with van der Waals surface area (Å²) in [4.78, 5) is 23.2. The van der Waals surface area contributed by atoms with Crippen LogP contribution in [0.1, 0.15) is 18.0 Å². The van der Waals surface area contributed by atoms with E-state index >= 15 is 0 Å². The number of halogens is 1. The lowest BCUT2D eigenvalue weighted by molar-refractivity contribution is -0.144. The Hall–Kier alpha value is -1.59.